The average Bonchev–Trinajstić information content (AvgIpc) is 2.97. The van der Waals surface area contributed by atoms with Crippen LogP contribution in [0.4, 0.5) is 22.0 Å². The van der Waals surface area contributed by atoms with Crippen molar-refractivity contribution in [2.24, 2.45) is 4.99 Å². The molecule has 29 heavy (non-hydrogen) atoms. The standard InChI is InChI=1S/C18H11F5N2O3S/c1-2-11(17(27)28)25-12-6-10(21)13(22)14(23)15(12)29-18(25)24-16(26)7-3-8(19)5-9(20)4-7/h3-6,11H,2H2,1H3,(H,27,28). The number of benzene rings is 2. The molecule has 1 N–H and O–H groups in total. The highest BCUT2D eigenvalue weighted by atomic mass is 32.1. The summed E-state index contributed by atoms with van der Waals surface area (Å²) in [5.41, 5.74) is -0.801. The molecule has 0 saturated heterocycles. The van der Waals surface area contributed by atoms with Crippen LogP contribution in [0.5, 0.6) is 0 Å². The fraction of sp³-hybridized carbons (Fsp3) is 0.167. The lowest BCUT2D eigenvalue weighted by atomic mass is 10.2. The summed E-state index contributed by atoms with van der Waals surface area (Å²) in [6.07, 6.45) is -0.0578. The number of hydrogen-bond acceptors (Lipinski definition) is 3. The number of carboxylic acid groups (broad SMARTS) is 1. The summed E-state index contributed by atoms with van der Waals surface area (Å²) in [7, 11) is 0. The lowest BCUT2D eigenvalue weighted by Crippen LogP contribution is -2.27. The van der Waals surface area contributed by atoms with Crippen molar-refractivity contribution in [1.29, 1.82) is 0 Å². The molecule has 0 spiro atoms. The number of halogens is 5. The molecule has 11 heteroatoms. The van der Waals surface area contributed by atoms with Gasteiger partial charge in [0.2, 0.25) is 0 Å². The molecular weight excluding hydrogens is 419 g/mol. The zero-order chi connectivity index (χ0) is 21.5. The molecule has 0 bridgehead atoms. The van der Waals surface area contributed by atoms with Gasteiger partial charge in [0.05, 0.1) is 10.2 Å². The van der Waals surface area contributed by atoms with Gasteiger partial charge in [-0.15, -0.1) is 0 Å². The van der Waals surface area contributed by atoms with Gasteiger partial charge in [0.15, 0.2) is 22.3 Å². The molecule has 1 amide bonds. The van der Waals surface area contributed by atoms with Gasteiger partial charge in [-0.25, -0.2) is 26.7 Å². The van der Waals surface area contributed by atoms with Gasteiger partial charge in [0, 0.05) is 17.7 Å². The summed E-state index contributed by atoms with van der Waals surface area (Å²) >= 11 is 0.409. The van der Waals surface area contributed by atoms with Crippen molar-refractivity contribution in [3.63, 3.8) is 0 Å². The topological polar surface area (TPSA) is 71.7 Å². The predicted molar refractivity (Wildman–Crippen MR) is 92.9 cm³/mol. The van der Waals surface area contributed by atoms with Crippen LogP contribution in [0.2, 0.25) is 0 Å². The number of nitrogens with zero attached hydrogens (tertiary/aromatic N) is 2. The maximum Gasteiger partial charge on any atom is 0.326 e. The molecule has 0 aliphatic carbocycles. The molecule has 0 saturated carbocycles. The van der Waals surface area contributed by atoms with Crippen molar-refractivity contribution in [3.8, 4) is 0 Å². The Bertz CT molecular complexity index is 1200. The summed E-state index contributed by atoms with van der Waals surface area (Å²) in [6, 6.07) is 1.17. The van der Waals surface area contributed by atoms with E-state index in [1.54, 1.807) is 0 Å². The summed E-state index contributed by atoms with van der Waals surface area (Å²) in [4.78, 5) is 27.2. The number of aromatic nitrogens is 1. The van der Waals surface area contributed by atoms with Crippen LogP contribution >= 0.6 is 11.3 Å². The van der Waals surface area contributed by atoms with Crippen molar-refractivity contribution in [1.82, 2.24) is 4.57 Å². The number of aliphatic carboxylic acids is 1. The number of thiazole rings is 1. The molecule has 152 valence electrons. The first kappa shape index (κ1) is 20.6. The van der Waals surface area contributed by atoms with Crippen LogP contribution in [-0.4, -0.2) is 21.6 Å². The molecule has 3 aromatic rings. The third kappa shape index (κ3) is 3.77. The highest BCUT2D eigenvalue weighted by Crippen LogP contribution is 2.28. The van der Waals surface area contributed by atoms with E-state index < -0.39 is 62.1 Å². The van der Waals surface area contributed by atoms with Crippen molar-refractivity contribution in [3.05, 3.63) is 63.7 Å². The second kappa shape index (κ2) is 7.74. The fourth-order valence-corrected chi connectivity index (χ4v) is 3.84. The second-order valence-electron chi connectivity index (χ2n) is 5.93. The molecule has 1 atom stereocenters. The average molecular weight is 430 g/mol. The van der Waals surface area contributed by atoms with Crippen molar-refractivity contribution < 1.29 is 36.6 Å². The molecule has 1 heterocycles. The van der Waals surface area contributed by atoms with Crippen LogP contribution in [0.3, 0.4) is 0 Å². The van der Waals surface area contributed by atoms with E-state index in [9.17, 15) is 36.6 Å². The fourth-order valence-electron chi connectivity index (χ4n) is 2.76. The molecule has 0 aliphatic rings. The van der Waals surface area contributed by atoms with Gasteiger partial charge >= 0.3 is 5.97 Å². The number of rotatable bonds is 4. The Labute approximate surface area is 163 Å². The lowest BCUT2D eigenvalue weighted by molar-refractivity contribution is -0.140. The summed E-state index contributed by atoms with van der Waals surface area (Å²) in [6.45, 7) is 1.47. The van der Waals surface area contributed by atoms with E-state index in [1.807, 2.05) is 0 Å². The van der Waals surface area contributed by atoms with Gasteiger partial charge < -0.3 is 9.67 Å². The van der Waals surface area contributed by atoms with Gasteiger partial charge in [-0.3, -0.25) is 4.79 Å². The third-order valence-electron chi connectivity index (χ3n) is 4.05. The van der Waals surface area contributed by atoms with E-state index in [4.69, 9.17) is 0 Å². The first-order valence-corrected chi connectivity index (χ1v) is 8.92. The van der Waals surface area contributed by atoms with Crippen molar-refractivity contribution in [2.75, 3.05) is 0 Å². The van der Waals surface area contributed by atoms with Gasteiger partial charge in [0.25, 0.3) is 5.91 Å². The molecule has 0 aliphatic heterocycles. The Kier molecular flexibility index (Phi) is 5.51. The molecule has 1 unspecified atom stereocenters. The first-order valence-electron chi connectivity index (χ1n) is 8.10. The summed E-state index contributed by atoms with van der Waals surface area (Å²) in [5.74, 6) is -9.50. The third-order valence-corrected chi connectivity index (χ3v) is 5.11. The van der Waals surface area contributed by atoms with Crippen LogP contribution in [0.25, 0.3) is 10.2 Å². The highest BCUT2D eigenvalue weighted by Gasteiger charge is 2.26. The highest BCUT2D eigenvalue weighted by molar-refractivity contribution is 7.16. The van der Waals surface area contributed by atoms with E-state index in [2.05, 4.69) is 4.99 Å². The van der Waals surface area contributed by atoms with Gasteiger partial charge in [0.1, 0.15) is 17.7 Å². The molecule has 2 aromatic carbocycles. The zero-order valence-electron chi connectivity index (χ0n) is 14.6. The molecule has 1 aromatic heterocycles. The molecule has 3 rings (SSSR count). The number of carboxylic acids is 1. The van der Waals surface area contributed by atoms with E-state index in [-0.39, 0.29) is 11.9 Å². The van der Waals surface area contributed by atoms with Crippen LogP contribution in [0, 0.1) is 29.1 Å². The molecule has 5 nitrogen and oxygen atoms in total. The molecule has 0 fully saturated rings. The molecule has 0 radical (unpaired) electrons. The lowest BCUT2D eigenvalue weighted by Gasteiger charge is -2.13. The Balaban J connectivity index is 2.33. The van der Waals surface area contributed by atoms with Crippen molar-refractivity contribution >= 4 is 33.4 Å². The maximum atomic E-state index is 14.2. The minimum Gasteiger partial charge on any atom is -0.480 e. The van der Waals surface area contributed by atoms with E-state index >= 15 is 0 Å². The quantitative estimate of drug-likeness (QED) is 0.499. The largest absolute Gasteiger partial charge is 0.480 e. The zero-order valence-corrected chi connectivity index (χ0v) is 15.4. The Hall–Kier alpha value is -3.08. The Morgan fingerprint density at radius 3 is 2.24 bits per heavy atom. The van der Waals surface area contributed by atoms with Gasteiger partial charge in [-0.2, -0.15) is 4.99 Å². The monoisotopic (exact) mass is 430 g/mol. The van der Waals surface area contributed by atoms with Gasteiger partial charge in [-0.05, 0) is 18.6 Å². The number of fused-ring (bicyclic) bond motifs is 1. The smallest absolute Gasteiger partial charge is 0.326 e. The number of carbonyl (C=O) groups is 2. The van der Waals surface area contributed by atoms with Crippen LogP contribution < -0.4 is 4.80 Å². The normalized spacial score (nSPS) is 13.1. The van der Waals surface area contributed by atoms with Crippen LogP contribution in [-0.2, 0) is 4.79 Å². The van der Waals surface area contributed by atoms with E-state index in [0.29, 0.717) is 35.6 Å². The molecular formula is C18H11F5N2O3S. The second-order valence-corrected chi connectivity index (χ2v) is 6.90. The summed E-state index contributed by atoms with van der Waals surface area (Å²) in [5, 5.41) is 9.44. The summed E-state index contributed by atoms with van der Waals surface area (Å²) < 4.78 is 68.7. The number of amides is 1. The van der Waals surface area contributed by atoms with Gasteiger partial charge in [-0.1, -0.05) is 18.3 Å². The van der Waals surface area contributed by atoms with E-state index in [1.165, 1.54) is 6.92 Å². The number of hydrogen-bond donors (Lipinski definition) is 1. The maximum absolute atomic E-state index is 14.2. The van der Waals surface area contributed by atoms with Crippen LogP contribution in [0.15, 0.2) is 29.3 Å². The predicted octanol–water partition coefficient (Wildman–Crippen LogP) is 4.18. The number of carbonyl (C=O) groups excluding carboxylic acids is 1. The minimum atomic E-state index is -1.76. The minimum absolute atomic E-state index is 0.0578. The van der Waals surface area contributed by atoms with Crippen molar-refractivity contribution in [2.45, 2.75) is 19.4 Å². The first-order chi connectivity index (χ1) is 13.6. The Morgan fingerprint density at radius 1 is 1.07 bits per heavy atom. The Morgan fingerprint density at radius 2 is 1.69 bits per heavy atom. The SMILES string of the molecule is CCC(C(=O)O)n1c(=NC(=O)c2cc(F)cc(F)c2)sc2c(F)c(F)c(F)cc21. The van der Waals surface area contributed by atoms with Crippen LogP contribution in [0.1, 0.15) is 29.7 Å². The van der Waals surface area contributed by atoms with E-state index in [0.717, 1.165) is 4.57 Å².